The predicted octanol–water partition coefficient (Wildman–Crippen LogP) is 5.27. The van der Waals surface area contributed by atoms with Crippen LogP contribution in [0.25, 0.3) is 0 Å². The highest BCUT2D eigenvalue weighted by atomic mass is 16.5. The summed E-state index contributed by atoms with van der Waals surface area (Å²) in [5, 5.41) is 5.80. The molecule has 0 bridgehead atoms. The van der Waals surface area contributed by atoms with Gasteiger partial charge in [-0.15, -0.1) is 0 Å². The van der Waals surface area contributed by atoms with Crippen LogP contribution in [0.4, 0.5) is 11.4 Å². The maximum Gasteiger partial charge on any atom is 0.265 e. The minimum atomic E-state index is -0.684. The second-order valence-electron chi connectivity index (χ2n) is 7.36. The Balaban J connectivity index is 1.60. The maximum atomic E-state index is 12.5. The maximum absolute atomic E-state index is 12.5. The molecule has 3 aromatic carbocycles. The summed E-state index contributed by atoms with van der Waals surface area (Å²) in [7, 11) is 0. The van der Waals surface area contributed by atoms with Gasteiger partial charge in [0, 0.05) is 16.9 Å². The summed E-state index contributed by atoms with van der Waals surface area (Å²) in [6.45, 7) is 7.56. The Morgan fingerprint density at radius 3 is 2.17 bits per heavy atom. The topological polar surface area (TPSA) is 67.4 Å². The van der Waals surface area contributed by atoms with Crippen LogP contribution < -0.4 is 15.4 Å². The number of ether oxygens (including phenoxy) is 1. The van der Waals surface area contributed by atoms with E-state index < -0.39 is 6.10 Å². The van der Waals surface area contributed by atoms with E-state index in [4.69, 9.17) is 4.74 Å². The second-order valence-corrected chi connectivity index (χ2v) is 7.36. The first-order chi connectivity index (χ1) is 14.3. The largest absolute Gasteiger partial charge is 0.481 e. The van der Waals surface area contributed by atoms with Gasteiger partial charge in [-0.1, -0.05) is 30.3 Å². The van der Waals surface area contributed by atoms with Gasteiger partial charge in [-0.05, 0) is 80.8 Å². The van der Waals surface area contributed by atoms with Gasteiger partial charge in [0.05, 0.1) is 0 Å². The average molecular weight is 402 g/mol. The van der Waals surface area contributed by atoms with E-state index in [0.717, 1.165) is 28.1 Å². The number of hydrogen-bond acceptors (Lipinski definition) is 3. The van der Waals surface area contributed by atoms with E-state index in [9.17, 15) is 9.59 Å². The van der Waals surface area contributed by atoms with Gasteiger partial charge in [-0.25, -0.2) is 0 Å². The van der Waals surface area contributed by atoms with Gasteiger partial charge in [-0.3, -0.25) is 9.59 Å². The van der Waals surface area contributed by atoms with Gasteiger partial charge >= 0.3 is 0 Å². The molecule has 154 valence electrons. The molecule has 0 fully saturated rings. The van der Waals surface area contributed by atoms with Crippen LogP contribution in [0.2, 0.25) is 0 Å². The molecule has 0 unspecified atom stereocenters. The first kappa shape index (κ1) is 21.1. The van der Waals surface area contributed by atoms with Crippen molar-refractivity contribution >= 4 is 23.2 Å². The highest BCUT2D eigenvalue weighted by molar-refractivity contribution is 6.04. The Labute approximate surface area is 177 Å². The molecule has 5 nitrogen and oxygen atoms in total. The van der Waals surface area contributed by atoms with Crippen molar-refractivity contribution in [3.8, 4) is 5.75 Å². The van der Waals surface area contributed by atoms with E-state index in [1.165, 1.54) is 0 Å². The molecular weight excluding hydrogens is 376 g/mol. The summed E-state index contributed by atoms with van der Waals surface area (Å²) in [6, 6.07) is 20.2. The number of amides is 2. The van der Waals surface area contributed by atoms with Crippen molar-refractivity contribution in [2.24, 2.45) is 0 Å². The van der Waals surface area contributed by atoms with Gasteiger partial charge < -0.3 is 15.4 Å². The van der Waals surface area contributed by atoms with Crippen LogP contribution in [-0.4, -0.2) is 17.9 Å². The van der Waals surface area contributed by atoms with Crippen molar-refractivity contribution in [3.63, 3.8) is 0 Å². The molecule has 2 N–H and O–H groups in total. The zero-order chi connectivity index (χ0) is 21.7. The highest BCUT2D eigenvalue weighted by Crippen LogP contribution is 2.19. The first-order valence-corrected chi connectivity index (χ1v) is 9.85. The molecule has 3 rings (SSSR count). The molecule has 0 saturated carbocycles. The first-order valence-electron chi connectivity index (χ1n) is 9.85. The van der Waals surface area contributed by atoms with Crippen molar-refractivity contribution in [1.29, 1.82) is 0 Å². The van der Waals surface area contributed by atoms with Crippen molar-refractivity contribution in [1.82, 2.24) is 0 Å². The molecule has 2 amide bonds. The minimum absolute atomic E-state index is 0.198. The molecule has 0 aromatic heterocycles. The van der Waals surface area contributed by atoms with Crippen molar-refractivity contribution in [2.75, 3.05) is 10.6 Å². The Morgan fingerprint density at radius 1 is 0.800 bits per heavy atom. The Morgan fingerprint density at radius 2 is 1.47 bits per heavy atom. The monoisotopic (exact) mass is 402 g/mol. The van der Waals surface area contributed by atoms with E-state index in [2.05, 4.69) is 10.6 Å². The summed E-state index contributed by atoms with van der Waals surface area (Å²) in [5.41, 5.74) is 5.13. The molecule has 0 radical (unpaired) electrons. The van der Waals surface area contributed by atoms with E-state index in [0.29, 0.717) is 11.3 Å². The van der Waals surface area contributed by atoms with Gasteiger partial charge in [0.1, 0.15) is 5.75 Å². The van der Waals surface area contributed by atoms with Crippen LogP contribution in [0.5, 0.6) is 5.75 Å². The SMILES string of the molecule is Cc1ccc(C)c(NC(=O)[C@@H](C)Oc2ccc(C(=O)Nc3ccccc3C)cc2)c1. The van der Waals surface area contributed by atoms with Crippen LogP contribution in [-0.2, 0) is 4.79 Å². The van der Waals surface area contributed by atoms with Crippen molar-refractivity contribution in [3.05, 3.63) is 89.0 Å². The van der Waals surface area contributed by atoms with E-state index in [-0.39, 0.29) is 11.8 Å². The van der Waals surface area contributed by atoms with E-state index in [1.54, 1.807) is 31.2 Å². The van der Waals surface area contributed by atoms with Gasteiger partial charge in [0.2, 0.25) is 0 Å². The molecule has 0 aliphatic rings. The molecule has 3 aromatic rings. The third-order valence-corrected chi connectivity index (χ3v) is 4.84. The smallest absolute Gasteiger partial charge is 0.265 e. The molecule has 0 aliphatic heterocycles. The minimum Gasteiger partial charge on any atom is -0.481 e. The summed E-state index contributed by atoms with van der Waals surface area (Å²) in [4.78, 5) is 24.9. The average Bonchev–Trinajstić information content (AvgIpc) is 2.72. The molecule has 0 spiro atoms. The number of anilines is 2. The zero-order valence-corrected chi connectivity index (χ0v) is 17.7. The normalized spacial score (nSPS) is 11.5. The quantitative estimate of drug-likeness (QED) is 0.590. The van der Waals surface area contributed by atoms with Gasteiger partial charge in [0.15, 0.2) is 6.10 Å². The molecular formula is C25H26N2O3. The third kappa shape index (κ3) is 5.26. The lowest BCUT2D eigenvalue weighted by Gasteiger charge is -2.16. The molecule has 0 heterocycles. The lowest BCUT2D eigenvalue weighted by atomic mass is 10.1. The van der Waals surface area contributed by atoms with Crippen molar-refractivity contribution in [2.45, 2.75) is 33.8 Å². The molecule has 0 aliphatic carbocycles. The van der Waals surface area contributed by atoms with E-state index >= 15 is 0 Å². The molecule has 0 saturated heterocycles. The number of benzene rings is 3. The fourth-order valence-electron chi connectivity index (χ4n) is 2.96. The standard InChI is InChI=1S/C25H26N2O3/c1-16-9-10-18(3)23(15-16)27-24(28)19(4)30-21-13-11-20(12-14-21)25(29)26-22-8-6-5-7-17(22)2/h5-15,19H,1-4H3,(H,26,29)(H,27,28)/t19-/m1/s1. The third-order valence-electron chi connectivity index (χ3n) is 4.84. The number of hydrogen-bond donors (Lipinski definition) is 2. The van der Waals surface area contributed by atoms with Gasteiger partial charge in [0.25, 0.3) is 11.8 Å². The van der Waals surface area contributed by atoms with Crippen LogP contribution in [0.1, 0.15) is 34.0 Å². The fourth-order valence-corrected chi connectivity index (χ4v) is 2.96. The molecule has 30 heavy (non-hydrogen) atoms. The van der Waals surface area contributed by atoms with Crippen LogP contribution in [0, 0.1) is 20.8 Å². The highest BCUT2D eigenvalue weighted by Gasteiger charge is 2.16. The fraction of sp³-hybridized carbons (Fsp3) is 0.200. The molecule has 1 atom stereocenters. The lowest BCUT2D eigenvalue weighted by molar-refractivity contribution is -0.122. The number of rotatable bonds is 6. The number of nitrogens with one attached hydrogen (secondary N) is 2. The number of para-hydroxylation sites is 1. The summed E-state index contributed by atoms with van der Waals surface area (Å²) < 4.78 is 5.75. The zero-order valence-electron chi connectivity index (χ0n) is 17.7. The Bertz CT molecular complexity index is 1060. The van der Waals surface area contributed by atoms with E-state index in [1.807, 2.05) is 63.2 Å². The summed E-state index contributed by atoms with van der Waals surface area (Å²) in [5.74, 6) is 0.0905. The summed E-state index contributed by atoms with van der Waals surface area (Å²) in [6.07, 6.45) is -0.684. The number of carbonyl (C=O) groups excluding carboxylic acids is 2. The van der Waals surface area contributed by atoms with Crippen molar-refractivity contribution < 1.29 is 14.3 Å². The summed E-state index contributed by atoms with van der Waals surface area (Å²) >= 11 is 0. The lowest BCUT2D eigenvalue weighted by Crippen LogP contribution is -2.30. The second kappa shape index (κ2) is 9.27. The number of carbonyl (C=O) groups is 2. The van der Waals surface area contributed by atoms with Crippen LogP contribution in [0.3, 0.4) is 0 Å². The molecule has 5 heteroatoms. The predicted molar refractivity (Wildman–Crippen MR) is 120 cm³/mol. The Hall–Kier alpha value is -3.60. The Kier molecular flexibility index (Phi) is 6.52. The van der Waals surface area contributed by atoms with Crippen LogP contribution in [0.15, 0.2) is 66.7 Å². The van der Waals surface area contributed by atoms with Gasteiger partial charge in [-0.2, -0.15) is 0 Å². The van der Waals surface area contributed by atoms with Crippen LogP contribution >= 0.6 is 0 Å². The number of aryl methyl sites for hydroxylation is 3.